The van der Waals surface area contributed by atoms with Gasteiger partial charge in [-0.1, -0.05) is 133 Å². The molecule has 0 bridgehead atoms. The van der Waals surface area contributed by atoms with Gasteiger partial charge in [0.2, 0.25) is 0 Å². The molecule has 234 valence electrons. The summed E-state index contributed by atoms with van der Waals surface area (Å²) in [5.74, 6) is 0.160. The summed E-state index contributed by atoms with van der Waals surface area (Å²) >= 11 is 0. The topological polar surface area (TPSA) is 26.3 Å². The quantitative estimate of drug-likeness (QED) is 0.142. The first kappa shape index (κ1) is 37.8. The molecule has 2 heteroatoms. The third-order valence-corrected chi connectivity index (χ3v) is 7.97. The van der Waals surface area contributed by atoms with Crippen molar-refractivity contribution in [2.24, 2.45) is 5.41 Å². The van der Waals surface area contributed by atoms with Gasteiger partial charge in [-0.05, 0) is 97.6 Å². The number of hydrogen-bond donors (Lipinski definition) is 0. The second-order valence-electron chi connectivity index (χ2n) is 13.1. The first-order valence-electron chi connectivity index (χ1n) is 15.7. The number of hydrogen-bond acceptors (Lipinski definition) is 2. The van der Waals surface area contributed by atoms with Crippen LogP contribution in [0, 0.1) is 5.41 Å². The zero-order valence-electron chi connectivity index (χ0n) is 29.0. The number of allylic oxidation sites excluding steroid dienone is 22. The van der Waals surface area contributed by atoms with Gasteiger partial charge in [0.05, 0.1) is 5.60 Å². The van der Waals surface area contributed by atoms with Gasteiger partial charge in [-0.25, -0.2) is 0 Å². The van der Waals surface area contributed by atoms with Crippen molar-refractivity contribution in [1.29, 1.82) is 0 Å². The number of ether oxygens (including phenoxy) is 1. The molecule has 0 amide bonds. The Hall–Kier alpha value is -3.23. The van der Waals surface area contributed by atoms with Crippen molar-refractivity contribution in [3.05, 3.63) is 130 Å². The molecule has 0 unspecified atom stereocenters. The first-order chi connectivity index (χ1) is 20.2. The Kier molecular flexibility index (Phi) is 16.8. The number of carbonyl (C=O) groups is 1. The average molecular weight is 583 g/mol. The lowest BCUT2D eigenvalue weighted by atomic mass is 9.72. The molecule has 0 aromatic carbocycles. The fraction of sp³-hybridized carbons (Fsp3) is 0.439. The highest BCUT2D eigenvalue weighted by molar-refractivity contribution is 5.95. The minimum absolute atomic E-state index is 0.160. The van der Waals surface area contributed by atoms with Crippen LogP contribution in [0.2, 0.25) is 0 Å². The molecule has 1 aliphatic rings. The molecule has 0 aromatic heterocycles. The van der Waals surface area contributed by atoms with Crippen molar-refractivity contribution >= 4 is 5.78 Å². The van der Waals surface area contributed by atoms with Gasteiger partial charge in [0, 0.05) is 13.5 Å². The van der Waals surface area contributed by atoms with Crippen LogP contribution in [-0.4, -0.2) is 18.5 Å². The van der Waals surface area contributed by atoms with E-state index >= 15 is 0 Å². The van der Waals surface area contributed by atoms with Crippen LogP contribution in [0.15, 0.2) is 130 Å². The van der Waals surface area contributed by atoms with Gasteiger partial charge in [0.15, 0.2) is 5.78 Å². The molecular weight excluding hydrogens is 524 g/mol. The Balaban J connectivity index is 2.60. The summed E-state index contributed by atoms with van der Waals surface area (Å²) in [6.07, 6.45) is 36.4. The van der Waals surface area contributed by atoms with Crippen molar-refractivity contribution in [3.8, 4) is 0 Å². The maximum absolute atomic E-state index is 12.3. The Labute approximate surface area is 264 Å². The standard InChI is InChI=1S/C41H58O2/c1-32(20-14-22-34(3)24-16-25-37(6)39(42)29-31-41(9,10)43-11)18-12-13-19-33(2)21-15-23-35(4)27-28-38-36(5)26-17-30-40(38,7)8/h12-16,18-25,27-28H,17,26,29-31H2,1-11H3/b13-12+,20-14+,21-15+,24-16+,28-27+,32-18+,33-19+,34-22+,35-23+,37-25+. The lowest BCUT2D eigenvalue weighted by Crippen LogP contribution is -2.23. The van der Waals surface area contributed by atoms with Crippen LogP contribution < -0.4 is 0 Å². The van der Waals surface area contributed by atoms with Gasteiger partial charge in [-0.3, -0.25) is 4.79 Å². The van der Waals surface area contributed by atoms with Crippen molar-refractivity contribution in [2.45, 2.75) is 107 Å². The molecule has 1 rings (SSSR count). The average Bonchev–Trinajstić information content (AvgIpc) is 2.93. The molecule has 0 spiro atoms. The number of Topliss-reactive ketones (excluding diaryl/α,β-unsaturated/α-hetero) is 1. The van der Waals surface area contributed by atoms with E-state index in [0.717, 1.165) is 11.1 Å². The highest BCUT2D eigenvalue weighted by Gasteiger charge is 2.26. The lowest BCUT2D eigenvalue weighted by molar-refractivity contribution is -0.116. The molecule has 43 heavy (non-hydrogen) atoms. The predicted molar refractivity (Wildman–Crippen MR) is 190 cm³/mol. The normalized spacial score (nSPS) is 18.5. The van der Waals surface area contributed by atoms with E-state index in [0.29, 0.717) is 12.8 Å². The molecule has 0 N–H and O–H groups in total. The molecule has 0 aromatic rings. The maximum atomic E-state index is 12.3. The third-order valence-electron chi connectivity index (χ3n) is 7.97. The zero-order valence-corrected chi connectivity index (χ0v) is 29.0. The molecule has 0 aliphatic heterocycles. The summed E-state index contributed by atoms with van der Waals surface area (Å²) in [5, 5.41) is 0. The smallest absolute Gasteiger partial charge is 0.158 e. The molecule has 2 nitrogen and oxygen atoms in total. The van der Waals surface area contributed by atoms with Crippen molar-refractivity contribution in [1.82, 2.24) is 0 Å². The summed E-state index contributed by atoms with van der Waals surface area (Å²) in [6, 6.07) is 0. The Bertz CT molecular complexity index is 1270. The number of carbonyl (C=O) groups excluding carboxylic acids is 1. The first-order valence-corrected chi connectivity index (χ1v) is 15.7. The van der Waals surface area contributed by atoms with E-state index in [2.05, 4.69) is 115 Å². The van der Waals surface area contributed by atoms with Crippen LogP contribution in [0.25, 0.3) is 0 Å². The third kappa shape index (κ3) is 16.3. The van der Waals surface area contributed by atoms with E-state index in [1.807, 2.05) is 45.1 Å². The van der Waals surface area contributed by atoms with E-state index in [4.69, 9.17) is 4.74 Å². The van der Waals surface area contributed by atoms with E-state index < -0.39 is 0 Å². The Morgan fingerprint density at radius 2 is 1.23 bits per heavy atom. The van der Waals surface area contributed by atoms with Gasteiger partial charge in [0.1, 0.15) is 0 Å². The van der Waals surface area contributed by atoms with Gasteiger partial charge >= 0.3 is 0 Å². The highest BCUT2D eigenvalue weighted by Crippen LogP contribution is 2.40. The fourth-order valence-electron chi connectivity index (χ4n) is 4.72. The Morgan fingerprint density at radius 3 is 1.72 bits per heavy atom. The van der Waals surface area contributed by atoms with Crippen LogP contribution in [0.4, 0.5) is 0 Å². The summed E-state index contributed by atoms with van der Waals surface area (Å²) in [7, 11) is 1.68. The van der Waals surface area contributed by atoms with Crippen molar-refractivity contribution < 1.29 is 9.53 Å². The molecule has 1 aliphatic carbocycles. The maximum Gasteiger partial charge on any atom is 0.158 e. The molecule has 0 heterocycles. The molecule has 0 fully saturated rings. The monoisotopic (exact) mass is 582 g/mol. The summed E-state index contributed by atoms with van der Waals surface area (Å²) in [6.45, 7) is 21.3. The van der Waals surface area contributed by atoms with E-state index in [1.54, 1.807) is 7.11 Å². The van der Waals surface area contributed by atoms with Gasteiger partial charge < -0.3 is 4.74 Å². The van der Waals surface area contributed by atoms with Crippen molar-refractivity contribution in [2.75, 3.05) is 7.11 Å². The summed E-state index contributed by atoms with van der Waals surface area (Å²) in [5.41, 5.74) is 8.55. The largest absolute Gasteiger partial charge is 0.379 e. The molecule has 0 saturated carbocycles. The van der Waals surface area contributed by atoms with Gasteiger partial charge in [-0.2, -0.15) is 0 Å². The number of rotatable bonds is 15. The second kappa shape index (κ2) is 19.1. The van der Waals surface area contributed by atoms with Crippen LogP contribution in [0.3, 0.4) is 0 Å². The molecule has 0 atom stereocenters. The highest BCUT2D eigenvalue weighted by atomic mass is 16.5. The Morgan fingerprint density at radius 1 is 0.767 bits per heavy atom. The SMILES string of the molecule is COC(C)(C)CCC(=O)/C(C)=C/C=C/C(C)=C/C=C/C(C)=C/C=C/C=C(C)/C=C/C=C(C)/C=C/C1=C(C)CCCC1(C)C. The van der Waals surface area contributed by atoms with E-state index in [-0.39, 0.29) is 16.8 Å². The molecule has 0 saturated heterocycles. The van der Waals surface area contributed by atoms with Crippen LogP contribution >= 0.6 is 0 Å². The van der Waals surface area contributed by atoms with E-state index in [1.165, 1.54) is 47.1 Å². The molecular formula is C41H58O2. The molecule has 0 radical (unpaired) electrons. The zero-order chi connectivity index (χ0) is 32.5. The van der Waals surface area contributed by atoms with Crippen LogP contribution in [0.1, 0.15) is 101 Å². The van der Waals surface area contributed by atoms with Crippen molar-refractivity contribution in [3.63, 3.8) is 0 Å². The minimum atomic E-state index is -0.272. The predicted octanol–water partition coefficient (Wildman–Crippen LogP) is 11.8. The van der Waals surface area contributed by atoms with Gasteiger partial charge in [0.25, 0.3) is 0 Å². The second-order valence-corrected chi connectivity index (χ2v) is 13.1. The summed E-state index contributed by atoms with van der Waals surface area (Å²) in [4.78, 5) is 12.3. The lowest BCUT2D eigenvalue weighted by Gasteiger charge is -2.32. The summed E-state index contributed by atoms with van der Waals surface area (Å²) < 4.78 is 5.40. The number of ketones is 1. The van der Waals surface area contributed by atoms with Gasteiger partial charge in [-0.15, -0.1) is 0 Å². The van der Waals surface area contributed by atoms with Crippen LogP contribution in [-0.2, 0) is 9.53 Å². The van der Waals surface area contributed by atoms with E-state index in [9.17, 15) is 4.79 Å². The minimum Gasteiger partial charge on any atom is -0.379 e. The fourth-order valence-corrected chi connectivity index (χ4v) is 4.72. The number of methoxy groups -OCH3 is 1. The van der Waals surface area contributed by atoms with Crippen LogP contribution in [0.5, 0.6) is 0 Å².